The molecule has 0 spiro atoms. The number of rotatable bonds is 11. The Kier molecular flexibility index (Phi) is 9.83. The summed E-state index contributed by atoms with van der Waals surface area (Å²) in [4.78, 5) is 23.1. The van der Waals surface area contributed by atoms with E-state index in [4.69, 9.17) is 18.9 Å². The lowest BCUT2D eigenvalue weighted by Gasteiger charge is -2.19. The van der Waals surface area contributed by atoms with Crippen LogP contribution in [0.15, 0.2) is 103 Å². The number of nitro groups is 1. The molecule has 0 atom stereocenters. The fourth-order valence-electron chi connectivity index (χ4n) is 4.32. The van der Waals surface area contributed by atoms with Gasteiger partial charge in [0.25, 0.3) is 0 Å². The van der Waals surface area contributed by atoms with E-state index in [0.717, 1.165) is 42.5 Å². The average Bonchev–Trinajstić information content (AvgIpc) is 3.07. The van der Waals surface area contributed by atoms with Crippen molar-refractivity contribution >= 4 is 11.7 Å². The number of esters is 1. The summed E-state index contributed by atoms with van der Waals surface area (Å²) in [6.07, 6.45) is -5.63. The molecule has 0 aliphatic carbocycles. The van der Waals surface area contributed by atoms with Gasteiger partial charge in [-0.05, 0) is 41.5 Å². The smallest absolute Gasteiger partial charge is 0.423 e. The van der Waals surface area contributed by atoms with E-state index in [1.165, 1.54) is 0 Å². The van der Waals surface area contributed by atoms with Gasteiger partial charge in [0.2, 0.25) is 23.1 Å². The summed E-state index contributed by atoms with van der Waals surface area (Å²) in [5, 5.41) is 11.5. The number of carbonyl (C=O) groups excluding carboxylic acids is 1. The molecule has 14 heteroatoms. The van der Waals surface area contributed by atoms with Crippen molar-refractivity contribution in [2.45, 2.75) is 19.4 Å². The number of benzene rings is 5. The highest BCUT2D eigenvalue weighted by atomic mass is 19.4. The van der Waals surface area contributed by atoms with E-state index in [2.05, 4.69) is 0 Å². The molecule has 0 saturated heterocycles. The maximum absolute atomic E-state index is 15.7. The fraction of sp³-hybridized carbons (Fsp3) is 0.0882. The number of nitrogens with zero attached hydrogens (tertiary/aromatic N) is 1. The predicted molar refractivity (Wildman–Crippen MR) is 157 cm³/mol. The van der Waals surface area contributed by atoms with Crippen molar-refractivity contribution in [3.05, 3.63) is 153 Å². The number of hydrogen-bond donors (Lipinski definition) is 0. The van der Waals surface area contributed by atoms with Crippen LogP contribution in [0.2, 0.25) is 0 Å². The third-order valence-corrected chi connectivity index (χ3v) is 6.63. The first-order valence-corrected chi connectivity index (χ1v) is 13.8. The van der Waals surface area contributed by atoms with Gasteiger partial charge < -0.3 is 18.9 Å². The lowest BCUT2D eigenvalue weighted by Crippen LogP contribution is -2.14. The number of alkyl halides is 3. The number of halogens is 6. The molecular weight excluding hydrogens is 648 g/mol. The SMILES string of the molecule is O=C(OCc1ccccc1)c1ccc(Oc2c(F)c(Oc3ccc([N+](=O)[O-])c(OCc4ccccc4)c3)c(F)c(F)c2C(F)(F)F)cc1. The van der Waals surface area contributed by atoms with Gasteiger partial charge in [-0.25, -0.2) is 9.18 Å². The molecule has 0 aromatic heterocycles. The van der Waals surface area contributed by atoms with E-state index in [1.807, 2.05) is 0 Å². The molecule has 246 valence electrons. The first-order chi connectivity index (χ1) is 22.9. The van der Waals surface area contributed by atoms with Crippen LogP contribution in [-0.4, -0.2) is 10.9 Å². The van der Waals surface area contributed by atoms with Gasteiger partial charge in [-0.2, -0.15) is 22.0 Å². The number of nitro benzene ring substituents is 1. The Bertz CT molecular complexity index is 1940. The minimum absolute atomic E-state index is 0.0347. The van der Waals surface area contributed by atoms with Crippen molar-refractivity contribution in [3.8, 4) is 28.7 Å². The molecule has 0 fully saturated rings. The summed E-state index contributed by atoms with van der Waals surface area (Å²) in [7, 11) is 0. The van der Waals surface area contributed by atoms with Gasteiger partial charge in [0.05, 0.1) is 10.5 Å². The van der Waals surface area contributed by atoms with Gasteiger partial charge in [-0.15, -0.1) is 0 Å². The minimum atomic E-state index is -5.63. The summed E-state index contributed by atoms with van der Waals surface area (Å²) >= 11 is 0. The van der Waals surface area contributed by atoms with Crippen molar-refractivity contribution in [2.75, 3.05) is 0 Å². The zero-order chi connectivity index (χ0) is 34.4. The zero-order valence-electron chi connectivity index (χ0n) is 24.3. The van der Waals surface area contributed by atoms with E-state index in [0.29, 0.717) is 11.1 Å². The van der Waals surface area contributed by atoms with E-state index >= 15 is 4.39 Å². The van der Waals surface area contributed by atoms with Crippen LogP contribution < -0.4 is 14.2 Å². The highest BCUT2D eigenvalue weighted by Crippen LogP contribution is 2.47. The Morgan fingerprint density at radius 1 is 0.688 bits per heavy atom. The van der Waals surface area contributed by atoms with Crippen LogP contribution >= 0.6 is 0 Å². The summed E-state index contributed by atoms with van der Waals surface area (Å²) in [5.41, 5.74) is -1.69. The number of ether oxygens (including phenoxy) is 4. The van der Waals surface area contributed by atoms with Crippen molar-refractivity contribution in [2.24, 2.45) is 0 Å². The van der Waals surface area contributed by atoms with Crippen LogP contribution in [0.3, 0.4) is 0 Å². The second kappa shape index (κ2) is 14.2. The van der Waals surface area contributed by atoms with Crippen LogP contribution in [0.25, 0.3) is 0 Å². The molecule has 0 N–H and O–H groups in total. The van der Waals surface area contributed by atoms with Crippen molar-refractivity contribution < 1.29 is 55.0 Å². The average molecular weight is 670 g/mol. The Morgan fingerprint density at radius 3 is 1.83 bits per heavy atom. The van der Waals surface area contributed by atoms with Crippen LogP contribution in [0.4, 0.5) is 32.0 Å². The second-order valence-corrected chi connectivity index (χ2v) is 9.92. The molecule has 0 aliphatic rings. The van der Waals surface area contributed by atoms with Gasteiger partial charge in [-0.3, -0.25) is 10.1 Å². The Balaban J connectivity index is 1.43. The first kappa shape index (κ1) is 33.3. The zero-order valence-corrected chi connectivity index (χ0v) is 24.3. The van der Waals surface area contributed by atoms with E-state index in [1.54, 1.807) is 60.7 Å². The molecule has 0 heterocycles. The van der Waals surface area contributed by atoms with Crippen LogP contribution in [0.5, 0.6) is 28.7 Å². The minimum Gasteiger partial charge on any atom is -0.482 e. The molecule has 5 rings (SSSR count). The van der Waals surface area contributed by atoms with Crippen LogP contribution in [0, 0.1) is 27.6 Å². The molecule has 8 nitrogen and oxygen atoms in total. The van der Waals surface area contributed by atoms with Gasteiger partial charge in [0.1, 0.15) is 30.3 Å². The van der Waals surface area contributed by atoms with E-state index in [9.17, 15) is 36.9 Å². The topological polar surface area (TPSA) is 97.1 Å². The van der Waals surface area contributed by atoms with E-state index in [-0.39, 0.29) is 18.8 Å². The Labute approximate surface area is 267 Å². The third-order valence-electron chi connectivity index (χ3n) is 6.63. The maximum Gasteiger partial charge on any atom is 0.423 e. The summed E-state index contributed by atoms with van der Waals surface area (Å²) < 4.78 is 108. The highest BCUT2D eigenvalue weighted by Gasteiger charge is 2.44. The molecule has 0 amide bonds. The number of hydrogen-bond acceptors (Lipinski definition) is 7. The maximum atomic E-state index is 15.7. The molecule has 0 aliphatic heterocycles. The monoisotopic (exact) mass is 669 g/mol. The Morgan fingerprint density at radius 2 is 1.25 bits per heavy atom. The molecule has 0 saturated carbocycles. The molecule has 0 radical (unpaired) electrons. The molecule has 5 aromatic rings. The molecule has 0 bridgehead atoms. The van der Waals surface area contributed by atoms with Gasteiger partial charge in [0, 0.05) is 12.1 Å². The summed E-state index contributed by atoms with van der Waals surface area (Å²) in [6, 6.07) is 23.9. The van der Waals surface area contributed by atoms with Crippen molar-refractivity contribution in [1.82, 2.24) is 0 Å². The molecular formula is C34H21F6NO7. The lowest BCUT2D eigenvalue weighted by molar-refractivity contribution is -0.386. The fourth-order valence-corrected chi connectivity index (χ4v) is 4.32. The molecule has 0 unspecified atom stereocenters. The normalized spacial score (nSPS) is 11.1. The van der Waals surface area contributed by atoms with Gasteiger partial charge in [0.15, 0.2) is 11.6 Å². The van der Waals surface area contributed by atoms with Gasteiger partial charge >= 0.3 is 17.8 Å². The quantitative estimate of drug-likeness (QED) is 0.0454. The predicted octanol–water partition coefficient (Wildman–Crippen LogP) is 9.55. The standard InChI is InChI=1S/C34H21F6NO7/c35-28-27(34(38,39)40)31(47-23-13-11-22(12-14-23)33(42)46-19-21-9-5-2-6-10-21)30(37)32(29(28)36)48-24-15-16-25(41(43)44)26(17-24)45-18-20-7-3-1-4-8-20/h1-17H,18-19H2. The van der Waals surface area contributed by atoms with E-state index < -0.39 is 74.5 Å². The van der Waals surface area contributed by atoms with Crippen LogP contribution in [0.1, 0.15) is 27.0 Å². The number of carbonyl (C=O) groups is 1. The van der Waals surface area contributed by atoms with Crippen molar-refractivity contribution in [1.29, 1.82) is 0 Å². The second-order valence-electron chi connectivity index (χ2n) is 9.92. The summed E-state index contributed by atoms with van der Waals surface area (Å²) in [5.74, 6) is -12.5. The third kappa shape index (κ3) is 7.66. The van der Waals surface area contributed by atoms with Gasteiger partial charge in [-0.1, -0.05) is 60.7 Å². The Hall–Kier alpha value is -6.05. The lowest BCUT2D eigenvalue weighted by atomic mass is 10.1. The largest absolute Gasteiger partial charge is 0.482 e. The molecule has 5 aromatic carbocycles. The molecule has 48 heavy (non-hydrogen) atoms. The van der Waals surface area contributed by atoms with Crippen LogP contribution in [-0.2, 0) is 24.1 Å². The highest BCUT2D eigenvalue weighted by molar-refractivity contribution is 5.89. The summed E-state index contributed by atoms with van der Waals surface area (Å²) in [6.45, 7) is -0.227. The van der Waals surface area contributed by atoms with Crippen molar-refractivity contribution in [3.63, 3.8) is 0 Å². The first-order valence-electron chi connectivity index (χ1n) is 13.8.